The minimum absolute atomic E-state index is 0.00395. The van der Waals surface area contributed by atoms with Crippen LogP contribution in [0, 0.1) is 5.82 Å². The zero-order valence-electron chi connectivity index (χ0n) is 15.3. The number of anilines is 2. The van der Waals surface area contributed by atoms with Crippen molar-refractivity contribution in [2.45, 2.75) is 9.79 Å². The number of halogens is 2. The quantitative estimate of drug-likeness (QED) is 0.392. The summed E-state index contributed by atoms with van der Waals surface area (Å²) in [6, 6.07) is 17.1. The second kappa shape index (κ2) is 7.81. The van der Waals surface area contributed by atoms with Gasteiger partial charge < -0.3 is 10.3 Å². The molecule has 6 nitrogen and oxygen atoms in total. The normalized spacial score (nSPS) is 11.4. The van der Waals surface area contributed by atoms with Crippen LogP contribution in [-0.2, 0) is 9.84 Å². The number of benzene rings is 3. The minimum atomic E-state index is -3.98. The van der Waals surface area contributed by atoms with E-state index in [1.54, 1.807) is 30.3 Å². The Morgan fingerprint density at radius 3 is 2.33 bits per heavy atom. The largest absolute Gasteiger partial charge is 0.340 e. The molecule has 0 aliphatic heterocycles. The summed E-state index contributed by atoms with van der Waals surface area (Å²) in [4.78, 5) is 15.4. The van der Waals surface area contributed by atoms with Gasteiger partial charge in [0.1, 0.15) is 16.5 Å². The van der Waals surface area contributed by atoms with E-state index < -0.39 is 21.7 Å². The van der Waals surface area contributed by atoms with Gasteiger partial charge >= 0.3 is 6.03 Å². The van der Waals surface area contributed by atoms with Crippen LogP contribution in [0.3, 0.4) is 0 Å². The number of carbonyl (C=O) groups is 1. The molecule has 4 rings (SSSR count). The van der Waals surface area contributed by atoms with Crippen LogP contribution in [0.1, 0.15) is 0 Å². The monoisotopic (exact) mass is 443 g/mol. The molecule has 0 radical (unpaired) electrons. The summed E-state index contributed by atoms with van der Waals surface area (Å²) in [7, 11) is -3.98. The maximum absolute atomic E-state index is 13.3. The lowest BCUT2D eigenvalue weighted by atomic mass is 10.2. The van der Waals surface area contributed by atoms with Crippen LogP contribution in [0.15, 0.2) is 82.6 Å². The molecule has 0 saturated heterocycles. The van der Waals surface area contributed by atoms with Gasteiger partial charge in [-0.2, -0.15) is 0 Å². The third kappa shape index (κ3) is 3.87. The Kier molecular flexibility index (Phi) is 5.19. The highest BCUT2D eigenvalue weighted by Crippen LogP contribution is 2.36. The van der Waals surface area contributed by atoms with Gasteiger partial charge in [0.25, 0.3) is 0 Å². The standard InChI is InChI=1S/C21H15ClFN3O3S/c22-13-6-11-18-17(12-13)19(30(28,29)16-4-2-1-3-5-16)20(25-18)26-21(27)24-15-9-7-14(23)8-10-15/h1-12,25H,(H2,24,26,27). The first-order chi connectivity index (χ1) is 14.3. The van der Waals surface area contributed by atoms with Gasteiger partial charge in [0.05, 0.1) is 4.90 Å². The average Bonchev–Trinajstić information content (AvgIpc) is 3.07. The van der Waals surface area contributed by atoms with Crippen LogP contribution in [0.25, 0.3) is 10.9 Å². The number of hydrogen-bond donors (Lipinski definition) is 3. The van der Waals surface area contributed by atoms with Gasteiger partial charge in [0.15, 0.2) is 0 Å². The van der Waals surface area contributed by atoms with E-state index in [1.807, 2.05) is 0 Å². The topological polar surface area (TPSA) is 91.1 Å². The first kappa shape index (κ1) is 19.9. The molecule has 0 aliphatic carbocycles. The molecule has 4 aromatic rings. The number of nitrogens with one attached hydrogen (secondary N) is 3. The fourth-order valence-electron chi connectivity index (χ4n) is 3.03. The number of carbonyl (C=O) groups excluding carboxylic acids is 1. The van der Waals surface area contributed by atoms with Crippen LogP contribution in [0.2, 0.25) is 5.02 Å². The van der Waals surface area contributed by atoms with Gasteiger partial charge in [-0.25, -0.2) is 17.6 Å². The molecule has 1 heterocycles. The van der Waals surface area contributed by atoms with Crippen LogP contribution < -0.4 is 10.6 Å². The molecule has 0 saturated carbocycles. The van der Waals surface area contributed by atoms with E-state index in [1.165, 1.54) is 42.5 Å². The molecule has 3 N–H and O–H groups in total. The van der Waals surface area contributed by atoms with Crippen molar-refractivity contribution in [1.82, 2.24) is 4.98 Å². The maximum Gasteiger partial charge on any atom is 0.324 e. The number of fused-ring (bicyclic) bond motifs is 1. The first-order valence-electron chi connectivity index (χ1n) is 8.79. The van der Waals surface area contributed by atoms with Crippen LogP contribution >= 0.6 is 11.6 Å². The Bertz CT molecular complexity index is 1340. The van der Waals surface area contributed by atoms with Crippen LogP contribution in [0.4, 0.5) is 20.7 Å². The number of aromatic nitrogens is 1. The third-order valence-electron chi connectivity index (χ3n) is 4.38. The van der Waals surface area contributed by atoms with Crippen LogP contribution in [-0.4, -0.2) is 19.4 Å². The number of hydrogen-bond acceptors (Lipinski definition) is 3. The van der Waals surface area contributed by atoms with Gasteiger partial charge in [-0.15, -0.1) is 0 Å². The molecular formula is C21H15ClFN3O3S. The highest BCUT2D eigenvalue weighted by molar-refractivity contribution is 7.92. The van der Waals surface area contributed by atoms with E-state index in [2.05, 4.69) is 15.6 Å². The fraction of sp³-hybridized carbons (Fsp3) is 0. The zero-order valence-corrected chi connectivity index (χ0v) is 16.9. The Balaban J connectivity index is 1.77. The van der Waals surface area contributed by atoms with E-state index >= 15 is 0 Å². The summed E-state index contributed by atoms with van der Waals surface area (Å²) in [5.41, 5.74) is 0.839. The van der Waals surface area contributed by atoms with Crippen molar-refractivity contribution in [3.05, 3.63) is 83.6 Å². The summed E-state index contributed by atoms with van der Waals surface area (Å²) in [5, 5.41) is 5.78. The smallest absolute Gasteiger partial charge is 0.324 e. The number of rotatable bonds is 4. The highest BCUT2D eigenvalue weighted by atomic mass is 35.5. The van der Waals surface area contributed by atoms with Gasteiger partial charge in [0, 0.05) is 21.6 Å². The fourth-order valence-corrected chi connectivity index (χ4v) is 4.79. The van der Waals surface area contributed by atoms with Gasteiger partial charge in [0.2, 0.25) is 9.84 Å². The number of urea groups is 1. The van der Waals surface area contributed by atoms with Crippen molar-refractivity contribution in [1.29, 1.82) is 0 Å². The molecule has 1 aromatic heterocycles. The Labute approximate surface area is 176 Å². The molecule has 0 atom stereocenters. The van der Waals surface area contributed by atoms with Crippen LogP contribution in [0.5, 0.6) is 0 Å². The molecule has 2 amide bonds. The first-order valence-corrected chi connectivity index (χ1v) is 10.7. The second-order valence-corrected chi connectivity index (χ2v) is 8.74. The lowest BCUT2D eigenvalue weighted by Crippen LogP contribution is -2.21. The summed E-state index contributed by atoms with van der Waals surface area (Å²) >= 11 is 6.08. The van der Waals surface area contributed by atoms with Crippen molar-refractivity contribution in [2.24, 2.45) is 0 Å². The molecular weight excluding hydrogens is 429 g/mol. The lowest BCUT2D eigenvalue weighted by molar-refractivity contribution is 0.262. The molecule has 3 aromatic carbocycles. The van der Waals surface area contributed by atoms with Crippen molar-refractivity contribution in [3.8, 4) is 0 Å². The molecule has 0 aliphatic rings. The summed E-state index contributed by atoms with van der Waals surface area (Å²) in [6.45, 7) is 0. The highest BCUT2D eigenvalue weighted by Gasteiger charge is 2.27. The minimum Gasteiger partial charge on any atom is -0.340 e. The van der Waals surface area contributed by atoms with E-state index in [9.17, 15) is 17.6 Å². The average molecular weight is 444 g/mol. The van der Waals surface area contributed by atoms with Crippen molar-refractivity contribution < 1.29 is 17.6 Å². The molecule has 9 heteroatoms. The predicted octanol–water partition coefficient (Wildman–Crippen LogP) is 5.44. The SMILES string of the molecule is O=C(Nc1ccc(F)cc1)Nc1[nH]c2ccc(Cl)cc2c1S(=O)(=O)c1ccccc1. The molecule has 0 bridgehead atoms. The predicted molar refractivity (Wildman–Crippen MR) is 114 cm³/mol. The zero-order chi connectivity index (χ0) is 21.3. The molecule has 0 spiro atoms. The maximum atomic E-state index is 13.3. The van der Waals surface area contributed by atoms with Gasteiger partial charge in [-0.3, -0.25) is 5.32 Å². The van der Waals surface area contributed by atoms with E-state index in [-0.39, 0.29) is 15.6 Å². The van der Waals surface area contributed by atoms with Crippen molar-refractivity contribution in [2.75, 3.05) is 10.6 Å². The molecule has 30 heavy (non-hydrogen) atoms. The summed E-state index contributed by atoms with van der Waals surface area (Å²) in [5.74, 6) is -0.444. The second-order valence-electron chi connectivity index (χ2n) is 6.42. The number of amides is 2. The van der Waals surface area contributed by atoms with E-state index in [4.69, 9.17) is 11.6 Å². The van der Waals surface area contributed by atoms with Gasteiger partial charge in [-0.05, 0) is 54.6 Å². The number of aromatic amines is 1. The third-order valence-corrected chi connectivity index (χ3v) is 6.47. The lowest BCUT2D eigenvalue weighted by Gasteiger charge is -2.10. The van der Waals surface area contributed by atoms with E-state index in [0.29, 0.717) is 21.6 Å². The van der Waals surface area contributed by atoms with E-state index in [0.717, 1.165) is 0 Å². The summed E-state index contributed by atoms with van der Waals surface area (Å²) < 4.78 is 39.7. The number of sulfone groups is 1. The number of H-pyrrole nitrogens is 1. The Morgan fingerprint density at radius 2 is 1.63 bits per heavy atom. The summed E-state index contributed by atoms with van der Waals surface area (Å²) in [6.07, 6.45) is 0. The van der Waals surface area contributed by atoms with Gasteiger partial charge in [-0.1, -0.05) is 29.8 Å². The molecule has 0 fully saturated rings. The Hall–Kier alpha value is -3.36. The van der Waals surface area contributed by atoms with Crippen molar-refractivity contribution in [3.63, 3.8) is 0 Å². The Morgan fingerprint density at radius 1 is 0.933 bits per heavy atom. The molecule has 0 unspecified atom stereocenters. The molecule has 152 valence electrons. The van der Waals surface area contributed by atoms with Crippen molar-refractivity contribution >= 4 is 49.9 Å².